The van der Waals surface area contributed by atoms with E-state index in [0.29, 0.717) is 38.3 Å². The Bertz CT molecular complexity index is 462. The molecule has 0 aromatic rings. The summed E-state index contributed by atoms with van der Waals surface area (Å²) in [5, 5.41) is 12.5. The van der Waals surface area contributed by atoms with Crippen molar-refractivity contribution < 1.29 is 9.59 Å². The summed E-state index contributed by atoms with van der Waals surface area (Å²) in [6, 6.07) is 2.52. The summed E-state index contributed by atoms with van der Waals surface area (Å²) < 4.78 is 0. The Hall–Kier alpha value is -1.57. The molecule has 2 heterocycles. The van der Waals surface area contributed by atoms with Gasteiger partial charge in [0, 0.05) is 25.6 Å². The molecule has 0 radical (unpaired) electrons. The fourth-order valence-electron chi connectivity index (χ4n) is 3.95. The number of amides is 2. The lowest BCUT2D eigenvalue weighted by Crippen LogP contribution is -2.56. The van der Waals surface area contributed by atoms with Crippen LogP contribution in [0.5, 0.6) is 0 Å². The molecule has 3 rings (SSSR count). The van der Waals surface area contributed by atoms with E-state index in [4.69, 9.17) is 0 Å². The van der Waals surface area contributed by atoms with Crippen molar-refractivity contribution in [3.8, 4) is 6.07 Å². The molecule has 3 fully saturated rings. The van der Waals surface area contributed by atoms with Crippen LogP contribution < -0.4 is 5.32 Å². The number of carbonyl (C=O) groups excluding carboxylic acids is 2. The van der Waals surface area contributed by atoms with E-state index in [1.807, 2.05) is 4.90 Å². The van der Waals surface area contributed by atoms with Crippen LogP contribution in [0.25, 0.3) is 0 Å². The highest BCUT2D eigenvalue weighted by molar-refractivity contribution is 5.86. The number of rotatable bonds is 1. The number of piperidine rings is 2. The van der Waals surface area contributed by atoms with Crippen molar-refractivity contribution in [3.05, 3.63) is 0 Å². The number of hydrogen-bond donors (Lipinski definition) is 1. The van der Waals surface area contributed by atoms with Crippen LogP contribution in [0.3, 0.4) is 0 Å². The van der Waals surface area contributed by atoms with E-state index in [-0.39, 0.29) is 17.9 Å². The van der Waals surface area contributed by atoms with Gasteiger partial charge >= 0.3 is 0 Å². The van der Waals surface area contributed by atoms with Crippen molar-refractivity contribution in [2.45, 2.75) is 51.0 Å². The van der Waals surface area contributed by atoms with Crippen molar-refractivity contribution >= 4 is 11.8 Å². The van der Waals surface area contributed by atoms with Gasteiger partial charge < -0.3 is 10.2 Å². The van der Waals surface area contributed by atoms with E-state index >= 15 is 0 Å². The van der Waals surface area contributed by atoms with Crippen LogP contribution in [0.2, 0.25) is 0 Å². The van der Waals surface area contributed by atoms with Gasteiger partial charge in [-0.25, -0.2) is 0 Å². The van der Waals surface area contributed by atoms with Crippen LogP contribution in [0, 0.1) is 22.7 Å². The van der Waals surface area contributed by atoms with Crippen LogP contribution >= 0.6 is 0 Å². The molecule has 108 valence electrons. The summed E-state index contributed by atoms with van der Waals surface area (Å²) in [5.74, 6) is 0.533. The van der Waals surface area contributed by atoms with E-state index in [1.165, 1.54) is 0 Å². The summed E-state index contributed by atoms with van der Waals surface area (Å²) in [5.41, 5.74) is -0.759. The van der Waals surface area contributed by atoms with E-state index in [9.17, 15) is 14.9 Å². The van der Waals surface area contributed by atoms with Crippen molar-refractivity contribution in [3.63, 3.8) is 0 Å². The predicted octanol–water partition coefficient (Wildman–Crippen LogP) is 1.20. The maximum absolute atomic E-state index is 12.7. The predicted molar refractivity (Wildman–Crippen MR) is 72.4 cm³/mol. The molecule has 1 N–H and O–H groups in total. The topological polar surface area (TPSA) is 73.2 Å². The molecule has 20 heavy (non-hydrogen) atoms. The third kappa shape index (κ3) is 2.17. The zero-order valence-electron chi connectivity index (χ0n) is 11.7. The minimum Gasteiger partial charge on any atom is -0.353 e. The molecule has 0 bridgehead atoms. The van der Waals surface area contributed by atoms with Crippen LogP contribution in [-0.2, 0) is 9.59 Å². The summed E-state index contributed by atoms with van der Waals surface area (Å²) in [6.07, 6.45) is 5.63. The first kappa shape index (κ1) is 13.4. The van der Waals surface area contributed by atoms with Crippen LogP contribution in [0.4, 0.5) is 0 Å². The highest BCUT2D eigenvalue weighted by atomic mass is 16.2. The van der Waals surface area contributed by atoms with Gasteiger partial charge in [-0.15, -0.1) is 0 Å². The van der Waals surface area contributed by atoms with E-state index in [0.717, 1.165) is 25.7 Å². The van der Waals surface area contributed by atoms with Gasteiger partial charge in [-0.1, -0.05) is 12.8 Å². The zero-order valence-corrected chi connectivity index (χ0v) is 11.7. The molecular weight excluding hydrogens is 254 g/mol. The average Bonchev–Trinajstić information content (AvgIpc) is 2.96. The number of fused-ring (bicyclic) bond motifs is 1. The smallest absolute Gasteiger partial charge is 0.243 e. The molecule has 2 amide bonds. The number of carbonyl (C=O) groups is 2. The first-order chi connectivity index (χ1) is 9.64. The van der Waals surface area contributed by atoms with Crippen LogP contribution in [0.1, 0.15) is 44.9 Å². The third-order valence-corrected chi connectivity index (χ3v) is 5.19. The molecule has 0 spiro atoms. The fraction of sp³-hybridized carbons (Fsp3) is 0.800. The minimum atomic E-state index is -0.759. The number of nitriles is 1. The summed E-state index contributed by atoms with van der Waals surface area (Å²) >= 11 is 0. The lowest BCUT2D eigenvalue weighted by molar-refractivity contribution is -0.142. The Balaban J connectivity index is 1.69. The SMILES string of the molecule is N#CC1(C(=O)N2CCC3NC(=O)CCC3C2)CCCC1. The first-order valence-electron chi connectivity index (χ1n) is 7.65. The zero-order chi connectivity index (χ0) is 14.2. The van der Waals surface area contributed by atoms with Gasteiger partial charge in [0.2, 0.25) is 11.8 Å². The van der Waals surface area contributed by atoms with E-state index in [2.05, 4.69) is 11.4 Å². The van der Waals surface area contributed by atoms with Gasteiger partial charge in [0.25, 0.3) is 0 Å². The maximum atomic E-state index is 12.7. The van der Waals surface area contributed by atoms with Gasteiger partial charge in [-0.2, -0.15) is 5.26 Å². The molecule has 0 aromatic carbocycles. The van der Waals surface area contributed by atoms with E-state index < -0.39 is 5.41 Å². The van der Waals surface area contributed by atoms with Gasteiger partial charge in [0.15, 0.2) is 0 Å². The van der Waals surface area contributed by atoms with Crippen molar-refractivity contribution in [1.82, 2.24) is 10.2 Å². The number of hydrogen-bond acceptors (Lipinski definition) is 3. The summed E-state index contributed by atoms with van der Waals surface area (Å²) in [7, 11) is 0. The molecule has 2 saturated heterocycles. The number of nitrogens with zero attached hydrogens (tertiary/aromatic N) is 2. The lowest BCUT2D eigenvalue weighted by atomic mass is 9.82. The maximum Gasteiger partial charge on any atom is 0.243 e. The summed E-state index contributed by atoms with van der Waals surface area (Å²) in [4.78, 5) is 26.0. The second-order valence-electron chi connectivity index (χ2n) is 6.41. The Morgan fingerprint density at radius 3 is 2.80 bits per heavy atom. The molecule has 3 aliphatic rings. The normalized spacial score (nSPS) is 32.1. The highest BCUT2D eigenvalue weighted by Gasteiger charge is 2.46. The molecule has 2 atom stereocenters. The quantitative estimate of drug-likeness (QED) is 0.781. The van der Waals surface area contributed by atoms with Gasteiger partial charge in [0.1, 0.15) is 5.41 Å². The second-order valence-corrected chi connectivity index (χ2v) is 6.41. The van der Waals surface area contributed by atoms with Crippen molar-refractivity contribution in [1.29, 1.82) is 5.26 Å². The van der Waals surface area contributed by atoms with Crippen LogP contribution in [0.15, 0.2) is 0 Å². The molecule has 5 nitrogen and oxygen atoms in total. The monoisotopic (exact) mass is 275 g/mol. The summed E-state index contributed by atoms with van der Waals surface area (Å²) in [6.45, 7) is 1.37. The van der Waals surface area contributed by atoms with Gasteiger partial charge in [-0.05, 0) is 31.6 Å². The van der Waals surface area contributed by atoms with Crippen LogP contribution in [-0.4, -0.2) is 35.8 Å². The lowest BCUT2D eigenvalue weighted by Gasteiger charge is -2.43. The van der Waals surface area contributed by atoms with Gasteiger partial charge in [0.05, 0.1) is 6.07 Å². The average molecular weight is 275 g/mol. The second kappa shape index (κ2) is 5.08. The minimum absolute atomic E-state index is 0.0350. The Kier molecular flexibility index (Phi) is 3.41. The first-order valence-corrected chi connectivity index (χ1v) is 7.65. The van der Waals surface area contributed by atoms with Gasteiger partial charge in [-0.3, -0.25) is 9.59 Å². The third-order valence-electron chi connectivity index (χ3n) is 5.19. The molecule has 0 aromatic heterocycles. The number of nitrogens with one attached hydrogen (secondary N) is 1. The molecule has 1 aliphatic carbocycles. The fourth-order valence-corrected chi connectivity index (χ4v) is 3.95. The highest BCUT2D eigenvalue weighted by Crippen LogP contribution is 2.40. The van der Waals surface area contributed by atoms with E-state index in [1.54, 1.807) is 0 Å². The molecule has 2 unspecified atom stereocenters. The Morgan fingerprint density at radius 1 is 1.35 bits per heavy atom. The molecule has 5 heteroatoms. The Morgan fingerprint density at radius 2 is 2.10 bits per heavy atom. The Labute approximate surface area is 119 Å². The number of likely N-dealkylation sites (tertiary alicyclic amines) is 1. The molecule has 2 aliphatic heterocycles. The van der Waals surface area contributed by atoms with Crippen molar-refractivity contribution in [2.24, 2.45) is 11.3 Å². The van der Waals surface area contributed by atoms with Crippen molar-refractivity contribution in [2.75, 3.05) is 13.1 Å². The standard InChI is InChI=1S/C15H21N3O2/c16-10-15(6-1-2-7-15)14(20)18-8-5-12-11(9-18)3-4-13(19)17-12/h11-12H,1-9H2,(H,17,19). The molecular formula is C15H21N3O2. The molecule has 1 saturated carbocycles. The largest absolute Gasteiger partial charge is 0.353 e.